The van der Waals surface area contributed by atoms with E-state index >= 15 is 0 Å². The molecule has 0 aliphatic heterocycles. The molecule has 0 spiro atoms. The molecule has 1 aromatic rings. The Morgan fingerprint density at radius 2 is 2.08 bits per heavy atom. The summed E-state index contributed by atoms with van der Waals surface area (Å²) in [7, 11) is -2.59. The first-order valence-electron chi connectivity index (χ1n) is 8.03. The number of halogens is 3. The number of methoxy groups -OCH3 is 1. The van der Waals surface area contributed by atoms with Gasteiger partial charge in [-0.3, -0.25) is 0 Å². The average Bonchev–Trinajstić information content (AvgIpc) is 2.98. The maximum atomic E-state index is 13.3. The topological polar surface area (TPSA) is 48.3 Å². The van der Waals surface area contributed by atoms with Crippen LogP contribution < -0.4 is 0 Å². The Morgan fingerprint density at radius 1 is 1.36 bits per heavy atom. The Morgan fingerprint density at radius 3 is 2.72 bits per heavy atom. The van der Waals surface area contributed by atoms with E-state index in [2.05, 4.69) is 0 Å². The summed E-state index contributed by atoms with van der Waals surface area (Å²) >= 11 is 0. The summed E-state index contributed by atoms with van der Waals surface area (Å²) in [6, 6.07) is 1.61. The van der Waals surface area contributed by atoms with E-state index in [1.807, 2.05) is 0 Å². The lowest BCUT2D eigenvalue weighted by Crippen LogP contribution is -2.43. The fraction of sp³-hybridized carbons (Fsp3) is 0.529. The number of aryl methyl sites for hydroxylation is 1. The maximum Gasteiger partial charge on any atom is 0.392 e. The van der Waals surface area contributed by atoms with E-state index in [1.54, 1.807) is 24.3 Å². The van der Waals surface area contributed by atoms with Crippen molar-refractivity contribution in [3.05, 3.63) is 47.5 Å². The highest BCUT2D eigenvalue weighted by molar-refractivity contribution is 7.91. The fourth-order valence-electron chi connectivity index (χ4n) is 3.56. The normalized spacial score (nSPS) is 26.9. The van der Waals surface area contributed by atoms with E-state index in [0.717, 1.165) is 3.97 Å². The van der Waals surface area contributed by atoms with Crippen LogP contribution in [-0.4, -0.2) is 30.4 Å². The minimum Gasteiger partial charge on any atom is -0.499 e. The molecule has 1 heterocycles. The molecular weight excluding hydrogens is 355 g/mol. The van der Waals surface area contributed by atoms with Gasteiger partial charge in [-0.15, -0.1) is 0 Å². The lowest BCUT2D eigenvalue weighted by Gasteiger charge is -2.33. The van der Waals surface area contributed by atoms with Crippen molar-refractivity contribution in [2.24, 2.45) is 5.92 Å². The third kappa shape index (κ3) is 2.80. The molecular formula is C17H20F3NO3S. The van der Waals surface area contributed by atoms with Gasteiger partial charge >= 0.3 is 6.18 Å². The summed E-state index contributed by atoms with van der Waals surface area (Å²) in [4.78, 5) is 0. The fourth-order valence-corrected chi connectivity index (χ4v) is 5.41. The number of ether oxygens (including phenoxy) is 1. The lowest BCUT2D eigenvalue weighted by molar-refractivity contribution is -0.177. The predicted octanol–water partition coefficient (Wildman–Crippen LogP) is 3.58. The van der Waals surface area contributed by atoms with Gasteiger partial charge in [0.15, 0.2) is 0 Å². The molecule has 4 nitrogen and oxygen atoms in total. The van der Waals surface area contributed by atoms with Crippen LogP contribution in [0.5, 0.6) is 0 Å². The molecule has 2 aliphatic rings. The molecule has 0 N–H and O–H groups in total. The van der Waals surface area contributed by atoms with E-state index in [0.29, 0.717) is 5.56 Å². The highest BCUT2D eigenvalue weighted by atomic mass is 32.2. The minimum absolute atomic E-state index is 0.0101. The first-order chi connectivity index (χ1) is 11.6. The van der Waals surface area contributed by atoms with Gasteiger partial charge in [-0.05, 0) is 43.9 Å². The molecule has 0 radical (unpaired) electrons. The zero-order valence-electron chi connectivity index (χ0n) is 14.0. The Bertz CT molecular complexity index is 836. The number of rotatable bonds is 3. The smallest absolute Gasteiger partial charge is 0.392 e. The number of hydrogen-bond acceptors (Lipinski definition) is 3. The zero-order valence-corrected chi connectivity index (χ0v) is 14.8. The largest absolute Gasteiger partial charge is 0.499 e. The van der Waals surface area contributed by atoms with Crippen LogP contribution in [0.3, 0.4) is 0 Å². The van der Waals surface area contributed by atoms with Crippen molar-refractivity contribution in [3.63, 3.8) is 0 Å². The summed E-state index contributed by atoms with van der Waals surface area (Å²) in [6.07, 6.45) is 2.15. The zero-order chi connectivity index (χ0) is 18.5. The van der Waals surface area contributed by atoms with Crippen molar-refractivity contribution in [1.82, 2.24) is 3.97 Å². The lowest BCUT2D eigenvalue weighted by atomic mass is 9.88. The van der Waals surface area contributed by atoms with Crippen LogP contribution >= 0.6 is 0 Å². The van der Waals surface area contributed by atoms with Crippen molar-refractivity contribution in [1.29, 1.82) is 0 Å². The minimum atomic E-state index is -4.33. The van der Waals surface area contributed by atoms with Crippen molar-refractivity contribution in [2.75, 3.05) is 7.11 Å². The number of aromatic nitrogens is 1. The summed E-state index contributed by atoms with van der Waals surface area (Å²) < 4.78 is 70.9. The molecule has 25 heavy (non-hydrogen) atoms. The average molecular weight is 375 g/mol. The van der Waals surface area contributed by atoms with Gasteiger partial charge in [0.2, 0.25) is 0 Å². The third-order valence-corrected chi connectivity index (χ3v) is 7.54. The van der Waals surface area contributed by atoms with Crippen LogP contribution in [0.1, 0.15) is 31.0 Å². The molecule has 2 unspecified atom stereocenters. The Kier molecular flexibility index (Phi) is 4.29. The summed E-state index contributed by atoms with van der Waals surface area (Å²) in [5, 5.41) is 0. The van der Waals surface area contributed by atoms with Gasteiger partial charge in [-0.25, -0.2) is 12.4 Å². The van der Waals surface area contributed by atoms with Crippen molar-refractivity contribution < 1.29 is 26.3 Å². The Hall–Kier alpha value is -1.70. The highest BCUT2D eigenvalue weighted by Crippen LogP contribution is 2.41. The van der Waals surface area contributed by atoms with Gasteiger partial charge in [-0.2, -0.15) is 13.2 Å². The standard InChI is InChI=1S/C17H20F3NO3S/c1-16(9-4-3-5-15(16)24-2)25(22,23)21-10-8-12-6-7-13(11-14(12)21)17(18,19)20/h3-5,8,10,13H,6-7,9,11H2,1-2H3. The molecule has 0 amide bonds. The second kappa shape index (κ2) is 5.93. The highest BCUT2D eigenvalue weighted by Gasteiger charge is 2.48. The Balaban J connectivity index is 2.05. The first kappa shape index (κ1) is 18.1. The van der Waals surface area contributed by atoms with Crippen LogP contribution in [0.25, 0.3) is 0 Å². The quantitative estimate of drug-likeness (QED) is 0.811. The first-order valence-corrected chi connectivity index (χ1v) is 9.47. The Labute approximate surface area is 145 Å². The summed E-state index contributed by atoms with van der Waals surface area (Å²) in [6.45, 7) is 1.54. The molecule has 8 heteroatoms. The molecule has 3 rings (SSSR count). The monoisotopic (exact) mass is 375 g/mol. The molecule has 0 saturated heterocycles. The van der Waals surface area contributed by atoms with Gasteiger partial charge in [-0.1, -0.05) is 12.2 Å². The van der Waals surface area contributed by atoms with Crippen molar-refractivity contribution in [2.45, 2.75) is 43.5 Å². The number of allylic oxidation sites excluding steroid dienone is 3. The molecule has 0 saturated carbocycles. The van der Waals surface area contributed by atoms with E-state index in [1.165, 1.54) is 20.2 Å². The molecule has 1 aromatic heterocycles. The summed E-state index contributed by atoms with van der Waals surface area (Å²) in [5.74, 6) is -1.24. The second-order valence-electron chi connectivity index (χ2n) is 6.67. The third-order valence-electron chi connectivity index (χ3n) is 5.17. The molecule has 138 valence electrons. The maximum absolute atomic E-state index is 13.3. The molecule has 0 aromatic carbocycles. The summed E-state index contributed by atoms with van der Waals surface area (Å²) in [5.41, 5.74) is 0.904. The molecule has 0 fully saturated rings. The number of hydrogen-bond donors (Lipinski definition) is 0. The van der Waals surface area contributed by atoms with Crippen LogP contribution in [0.2, 0.25) is 0 Å². The van der Waals surface area contributed by atoms with E-state index in [4.69, 9.17) is 4.74 Å². The number of nitrogens with zero attached hydrogens (tertiary/aromatic N) is 1. The van der Waals surface area contributed by atoms with Gasteiger partial charge in [0.25, 0.3) is 10.0 Å². The molecule has 2 atom stereocenters. The van der Waals surface area contributed by atoms with Crippen LogP contribution in [0.15, 0.2) is 36.3 Å². The van der Waals surface area contributed by atoms with Gasteiger partial charge in [0.05, 0.1) is 13.0 Å². The van der Waals surface area contributed by atoms with Crippen LogP contribution in [-0.2, 0) is 27.6 Å². The number of alkyl halides is 3. The van der Waals surface area contributed by atoms with Gasteiger partial charge in [0, 0.05) is 18.3 Å². The number of fused-ring (bicyclic) bond motifs is 1. The SMILES string of the molecule is COC1=CC=CCC1(C)S(=O)(=O)n1ccc2c1CC(C(F)(F)F)CC2. The van der Waals surface area contributed by atoms with Gasteiger partial charge in [0.1, 0.15) is 10.5 Å². The van der Waals surface area contributed by atoms with E-state index in [9.17, 15) is 21.6 Å². The van der Waals surface area contributed by atoms with Gasteiger partial charge < -0.3 is 4.74 Å². The van der Waals surface area contributed by atoms with E-state index < -0.39 is 26.9 Å². The predicted molar refractivity (Wildman–Crippen MR) is 87.6 cm³/mol. The van der Waals surface area contributed by atoms with Crippen molar-refractivity contribution in [3.8, 4) is 0 Å². The molecule has 0 bridgehead atoms. The van der Waals surface area contributed by atoms with Crippen LogP contribution in [0, 0.1) is 5.92 Å². The molecule has 2 aliphatic carbocycles. The second-order valence-corrected chi connectivity index (χ2v) is 8.91. The van der Waals surface area contributed by atoms with E-state index in [-0.39, 0.29) is 37.1 Å². The van der Waals surface area contributed by atoms with Crippen molar-refractivity contribution >= 4 is 10.0 Å². The van der Waals surface area contributed by atoms with Crippen LogP contribution in [0.4, 0.5) is 13.2 Å².